The minimum Gasteiger partial charge on any atom is -0.493 e. The summed E-state index contributed by atoms with van der Waals surface area (Å²) in [6.45, 7) is 3.04. The summed E-state index contributed by atoms with van der Waals surface area (Å²) in [4.78, 5) is 24.0. The van der Waals surface area contributed by atoms with Gasteiger partial charge in [0.05, 0.1) is 18.8 Å². The summed E-state index contributed by atoms with van der Waals surface area (Å²) in [7, 11) is 3.45. The van der Waals surface area contributed by atoms with Gasteiger partial charge in [0.15, 0.2) is 6.29 Å². The summed E-state index contributed by atoms with van der Waals surface area (Å²) in [6, 6.07) is 5.15. The van der Waals surface area contributed by atoms with Gasteiger partial charge in [0.25, 0.3) is 0 Å². The van der Waals surface area contributed by atoms with Crippen molar-refractivity contribution in [2.24, 2.45) is 0 Å². The lowest BCUT2D eigenvalue weighted by Gasteiger charge is -2.12. The maximum Gasteiger partial charge on any atom is 0.222 e. The van der Waals surface area contributed by atoms with Crippen molar-refractivity contribution in [2.75, 3.05) is 27.3 Å². The molecule has 0 N–H and O–H groups in total. The molecule has 0 aliphatic heterocycles. The molecule has 1 amide bonds. The van der Waals surface area contributed by atoms with Gasteiger partial charge in [-0.25, -0.2) is 0 Å². The molecule has 1 rings (SSSR count). The second kappa shape index (κ2) is 9.00. The summed E-state index contributed by atoms with van der Waals surface area (Å²) in [6.07, 6.45) is 2.70. The van der Waals surface area contributed by atoms with Gasteiger partial charge >= 0.3 is 0 Å². The summed E-state index contributed by atoms with van der Waals surface area (Å²) in [5, 5.41) is 0. The van der Waals surface area contributed by atoms with Crippen LogP contribution in [0.2, 0.25) is 0 Å². The number of benzene rings is 1. The van der Waals surface area contributed by atoms with Crippen LogP contribution in [-0.2, 0) is 4.79 Å². The summed E-state index contributed by atoms with van der Waals surface area (Å²) in [5.74, 6) is 1.24. The van der Waals surface area contributed by atoms with E-state index in [1.165, 1.54) is 0 Å². The topological polar surface area (TPSA) is 55.8 Å². The van der Waals surface area contributed by atoms with Crippen molar-refractivity contribution >= 4 is 12.2 Å². The molecule has 0 heterocycles. The van der Waals surface area contributed by atoms with E-state index in [9.17, 15) is 9.59 Å². The first kappa shape index (κ1) is 17.0. The average Bonchev–Trinajstić information content (AvgIpc) is 2.49. The normalized spacial score (nSPS) is 10.0. The maximum atomic E-state index is 11.4. The van der Waals surface area contributed by atoms with Crippen LogP contribution in [0.5, 0.6) is 11.5 Å². The Bertz CT molecular complexity index is 471. The fourth-order valence-electron chi connectivity index (χ4n) is 1.68. The first-order valence-electron chi connectivity index (χ1n) is 7.13. The molecule has 5 nitrogen and oxygen atoms in total. The SMILES string of the molecule is CCCOc1ccc(C=O)c(OCCCC(=O)N(C)C)c1. The fraction of sp³-hybridized carbons (Fsp3) is 0.500. The number of carbonyl (C=O) groups is 2. The van der Waals surface area contributed by atoms with Crippen LogP contribution in [0.3, 0.4) is 0 Å². The largest absolute Gasteiger partial charge is 0.493 e. The van der Waals surface area contributed by atoms with Crippen molar-refractivity contribution in [3.05, 3.63) is 23.8 Å². The van der Waals surface area contributed by atoms with E-state index >= 15 is 0 Å². The zero-order valence-electron chi connectivity index (χ0n) is 12.9. The molecule has 0 spiro atoms. The molecule has 5 heteroatoms. The highest BCUT2D eigenvalue weighted by atomic mass is 16.5. The minimum atomic E-state index is 0.0641. The van der Waals surface area contributed by atoms with Crippen molar-refractivity contribution in [2.45, 2.75) is 26.2 Å². The molecule has 1 aromatic carbocycles. The number of hydrogen-bond acceptors (Lipinski definition) is 4. The number of carbonyl (C=O) groups excluding carboxylic acids is 2. The molecule has 0 unspecified atom stereocenters. The average molecular weight is 293 g/mol. The smallest absolute Gasteiger partial charge is 0.222 e. The van der Waals surface area contributed by atoms with Crippen LogP contribution in [0.25, 0.3) is 0 Å². The van der Waals surface area contributed by atoms with Gasteiger partial charge in [-0.3, -0.25) is 9.59 Å². The predicted molar refractivity (Wildman–Crippen MR) is 81.0 cm³/mol. The summed E-state index contributed by atoms with van der Waals surface area (Å²) in [5.41, 5.74) is 0.484. The number of nitrogens with zero attached hydrogens (tertiary/aromatic N) is 1. The van der Waals surface area contributed by atoms with E-state index in [1.807, 2.05) is 6.92 Å². The zero-order valence-corrected chi connectivity index (χ0v) is 12.9. The first-order valence-corrected chi connectivity index (χ1v) is 7.13. The molecule has 0 saturated heterocycles. The number of aldehydes is 1. The summed E-state index contributed by atoms with van der Waals surface area (Å²) >= 11 is 0. The van der Waals surface area contributed by atoms with Gasteiger partial charge in [-0.1, -0.05) is 6.92 Å². The third-order valence-electron chi connectivity index (χ3n) is 2.88. The van der Waals surface area contributed by atoms with E-state index in [1.54, 1.807) is 37.2 Å². The Morgan fingerprint density at radius 1 is 1.24 bits per heavy atom. The third kappa shape index (κ3) is 5.85. The Hall–Kier alpha value is -2.04. The van der Waals surface area contributed by atoms with Gasteiger partial charge in [0, 0.05) is 26.6 Å². The van der Waals surface area contributed by atoms with Crippen LogP contribution in [0.4, 0.5) is 0 Å². The molecule has 1 aromatic rings. The van der Waals surface area contributed by atoms with Gasteiger partial charge in [-0.2, -0.15) is 0 Å². The van der Waals surface area contributed by atoms with E-state index in [2.05, 4.69) is 0 Å². The van der Waals surface area contributed by atoms with E-state index < -0.39 is 0 Å². The number of ether oxygens (including phenoxy) is 2. The Morgan fingerprint density at radius 2 is 2.00 bits per heavy atom. The lowest BCUT2D eigenvalue weighted by atomic mass is 10.2. The van der Waals surface area contributed by atoms with Gasteiger partial charge in [0.1, 0.15) is 11.5 Å². The Kier molecular flexibility index (Phi) is 7.29. The van der Waals surface area contributed by atoms with Crippen molar-refractivity contribution < 1.29 is 19.1 Å². The highest BCUT2D eigenvalue weighted by molar-refractivity contribution is 5.79. The molecule has 21 heavy (non-hydrogen) atoms. The molecule has 0 fully saturated rings. The van der Waals surface area contributed by atoms with Gasteiger partial charge in [-0.15, -0.1) is 0 Å². The van der Waals surface area contributed by atoms with Crippen molar-refractivity contribution in [1.82, 2.24) is 4.90 Å². The lowest BCUT2D eigenvalue weighted by Crippen LogP contribution is -2.21. The van der Waals surface area contributed by atoms with E-state index in [0.29, 0.717) is 43.1 Å². The standard InChI is InChI=1S/C16H23NO4/c1-4-9-20-14-8-7-13(12-18)15(11-14)21-10-5-6-16(19)17(2)3/h7-8,11-12H,4-6,9-10H2,1-3H3. The number of rotatable bonds is 9. The van der Waals surface area contributed by atoms with Gasteiger partial charge in [0.2, 0.25) is 5.91 Å². The highest BCUT2D eigenvalue weighted by Crippen LogP contribution is 2.24. The third-order valence-corrected chi connectivity index (χ3v) is 2.88. The van der Waals surface area contributed by atoms with E-state index in [4.69, 9.17) is 9.47 Å². The maximum absolute atomic E-state index is 11.4. The molecular formula is C16H23NO4. The van der Waals surface area contributed by atoms with Gasteiger partial charge < -0.3 is 14.4 Å². The highest BCUT2D eigenvalue weighted by Gasteiger charge is 2.07. The Balaban J connectivity index is 2.55. The van der Waals surface area contributed by atoms with E-state index in [0.717, 1.165) is 12.7 Å². The quantitative estimate of drug-likeness (QED) is 0.518. The fourth-order valence-corrected chi connectivity index (χ4v) is 1.68. The van der Waals surface area contributed by atoms with Crippen molar-refractivity contribution in [3.63, 3.8) is 0 Å². The second-order valence-electron chi connectivity index (χ2n) is 4.91. The molecule has 0 aromatic heterocycles. The first-order chi connectivity index (χ1) is 10.1. The van der Waals surface area contributed by atoms with Crippen LogP contribution in [0, 0.1) is 0 Å². The zero-order chi connectivity index (χ0) is 15.7. The lowest BCUT2D eigenvalue weighted by molar-refractivity contribution is -0.128. The minimum absolute atomic E-state index is 0.0641. The second-order valence-corrected chi connectivity index (χ2v) is 4.91. The molecule has 116 valence electrons. The van der Waals surface area contributed by atoms with Crippen LogP contribution >= 0.6 is 0 Å². The molecule has 0 saturated carbocycles. The molecule has 0 radical (unpaired) electrons. The monoisotopic (exact) mass is 293 g/mol. The number of hydrogen-bond donors (Lipinski definition) is 0. The Labute approximate surface area is 125 Å². The van der Waals surface area contributed by atoms with Crippen LogP contribution in [-0.4, -0.2) is 44.4 Å². The molecule has 0 aliphatic carbocycles. The number of amides is 1. The molecular weight excluding hydrogens is 270 g/mol. The van der Waals surface area contributed by atoms with Gasteiger partial charge in [-0.05, 0) is 25.0 Å². The summed E-state index contributed by atoms with van der Waals surface area (Å²) < 4.78 is 11.1. The predicted octanol–water partition coefficient (Wildman–Crippen LogP) is 2.54. The van der Waals surface area contributed by atoms with Crippen molar-refractivity contribution in [3.8, 4) is 11.5 Å². The molecule has 0 aliphatic rings. The van der Waals surface area contributed by atoms with Crippen LogP contribution < -0.4 is 9.47 Å². The molecule has 0 atom stereocenters. The van der Waals surface area contributed by atoms with E-state index in [-0.39, 0.29) is 5.91 Å². The van der Waals surface area contributed by atoms with Crippen molar-refractivity contribution in [1.29, 1.82) is 0 Å². The Morgan fingerprint density at radius 3 is 2.62 bits per heavy atom. The van der Waals surface area contributed by atoms with Crippen LogP contribution in [0.15, 0.2) is 18.2 Å². The van der Waals surface area contributed by atoms with Crippen LogP contribution in [0.1, 0.15) is 36.5 Å². The molecule has 0 bridgehead atoms.